The second-order valence-electron chi connectivity index (χ2n) is 4.27. The molecule has 0 saturated heterocycles. The number of aliphatic hydroxyl groups excluding tert-OH is 1. The van der Waals surface area contributed by atoms with Crippen molar-refractivity contribution in [2.75, 3.05) is 6.61 Å². The minimum atomic E-state index is -4.34. The molecule has 0 radical (unpaired) electrons. The van der Waals surface area contributed by atoms with Crippen molar-refractivity contribution in [3.63, 3.8) is 0 Å². The van der Waals surface area contributed by atoms with E-state index in [1.807, 2.05) is 0 Å². The largest absolute Gasteiger partial charge is 0.425 e. The Bertz CT molecular complexity index is 564. The molecule has 2 aromatic rings. The van der Waals surface area contributed by atoms with E-state index in [1.54, 1.807) is 24.0 Å². The van der Waals surface area contributed by atoms with Gasteiger partial charge in [0.15, 0.2) is 0 Å². The Morgan fingerprint density at radius 1 is 1.45 bits per heavy atom. The molecule has 0 aromatic carbocycles. The second kappa shape index (κ2) is 5.94. The minimum Gasteiger partial charge on any atom is -0.394 e. The van der Waals surface area contributed by atoms with Gasteiger partial charge in [0.05, 0.1) is 18.3 Å². The zero-order chi connectivity index (χ0) is 14.8. The smallest absolute Gasteiger partial charge is 0.394 e. The Kier molecular flexibility index (Phi) is 4.46. The number of hydrogen-bond acceptors (Lipinski definition) is 4. The molecule has 2 heterocycles. The molecule has 8 heteroatoms. The summed E-state index contributed by atoms with van der Waals surface area (Å²) in [6, 6.07) is 2.70. The van der Waals surface area contributed by atoms with Gasteiger partial charge in [0.25, 0.3) is 0 Å². The molecule has 0 saturated carbocycles. The number of nitrogens with zero attached hydrogens (tertiary/aromatic N) is 2. The van der Waals surface area contributed by atoms with E-state index in [1.165, 1.54) is 11.4 Å². The van der Waals surface area contributed by atoms with Crippen molar-refractivity contribution in [1.29, 1.82) is 0 Å². The third-order valence-electron chi connectivity index (χ3n) is 2.94. The number of thiophene rings is 1. The van der Waals surface area contributed by atoms with E-state index in [2.05, 4.69) is 10.4 Å². The second-order valence-corrected chi connectivity index (χ2v) is 5.18. The van der Waals surface area contributed by atoms with Gasteiger partial charge >= 0.3 is 6.18 Å². The maximum atomic E-state index is 12.7. The van der Waals surface area contributed by atoms with Crippen LogP contribution in [-0.4, -0.2) is 21.5 Å². The van der Waals surface area contributed by atoms with Crippen LogP contribution in [0.25, 0.3) is 0 Å². The SMILES string of the molecule is Cn1nccc1C(CO)NCc1ccsc1C(F)(F)F. The maximum Gasteiger partial charge on any atom is 0.425 e. The lowest BCUT2D eigenvalue weighted by molar-refractivity contribution is -0.134. The molecule has 0 aliphatic heterocycles. The fourth-order valence-corrected chi connectivity index (χ4v) is 2.74. The van der Waals surface area contributed by atoms with Gasteiger partial charge in [-0.2, -0.15) is 18.3 Å². The van der Waals surface area contributed by atoms with Crippen molar-refractivity contribution in [3.8, 4) is 0 Å². The van der Waals surface area contributed by atoms with Crippen LogP contribution in [0.2, 0.25) is 0 Å². The fourth-order valence-electron chi connectivity index (χ4n) is 1.95. The molecule has 0 bridgehead atoms. The van der Waals surface area contributed by atoms with Crippen LogP contribution >= 0.6 is 11.3 Å². The van der Waals surface area contributed by atoms with E-state index in [0.717, 1.165) is 5.69 Å². The lowest BCUT2D eigenvalue weighted by atomic mass is 10.2. The molecule has 1 atom stereocenters. The molecular formula is C12H14F3N3OS. The molecule has 0 fully saturated rings. The Labute approximate surface area is 117 Å². The number of hydrogen-bond donors (Lipinski definition) is 2. The van der Waals surface area contributed by atoms with Gasteiger partial charge in [-0.25, -0.2) is 0 Å². The van der Waals surface area contributed by atoms with E-state index < -0.39 is 17.1 Å². The van der Waals surface area contributed by atoms with Gasteiger partial charge in [-0.1, -0.05) is 0 Å². The summed E-state index contributed by atoms with van der Waals surface area (Å²) in [4.78, 5) is -0.605. The first-order chi connectivity index (χ1) is 9.43. The van der Waals surface area contributed by atoms with Gasteiger partial charge in [0.1, 0.15) is 4.88 Å². The number of rotatable bonds is 5. The summed E-state index contributed by atoms with van der Waals surface area (Å²) in [6.07, 6.45) is -2.77. The minimum absolute atomic E-state index is 0.0365. The van der Waals surface area contributed by atoms with E-state index in [0.29, 0.717) is 11.3 Å². The third-order valence-corrected chi connectivity index (χ3v) is 3.94. The Morgan fingerprint density at radius 3 is 2.75 bits per heavy atom. The highest BCUT2D eigenvalue weighted by Crippen LogP contribution is 2.36. The van der Waals surface area contributed by atoms with Crippen LogP contribution in [0.15, 0.2) is 23.7 Å². The fraction of sp³-hybridized carbons (Fsp3) is 0.417. The van der Waals surface area contributed by atoms with Crippen molar-refractivity contribution in [3.05, 3.63) is 39.8 Å². The number of aliphatic hydroxyl groups is 1. The van der Waals surface area contributed by atoms with Crippen molar-refractivity contribution >= 4 is 11.3 Å². The molecular weight excluding hydrogens is 291 g/mol. The third kappa shape index (κ3) is 3.20. The van der Waals surface area contributed by atoms with Crippen LogP contribution in [0, 0.1) is 0 Å². The molecule has 0 spiro atoms. The highest BCUT2D eigenvalue weighted by molar-refractivity contribution is 7.10. The summed E-state index contributed by atoms with van der Waals surface area (Å²) >= 11 is 0.671. The van der Waals surface area contributed by atoms with Crippen molar-refractivity contribution in [2.24, 2.45) is 7.05 Å². The molecule has 0 aliphatic carbocycles. The summed E-state index contributed by atoms with van der Waals surface area (Å²) in [5.74, 6) is 0. The highest BCUT2D eigenvalue weighted by atomic mass is 32.1. The molecule has 110 valence electrons. The van der Waals surface area contributed by atoms with Gasteiger partial charge in [0, 0.05) is 19.8 Å². The molecule has 0 aliphatic rings. The van der Waals surface area contributed by atoms with E-state index in [4.69, 9.17) is 0 Å². The molecule has 2 rings (SSSR count). The van der Waals surface area contributed by atoms with Gasteiger partial charge in [-0.05, 0) is 23.1 Å². The summed E-state index contributed by atoms with van der Waals surface area (Å²) < 4.78 is 39.8. The Hall–Kier alpha value is -1.38. The molecule has 1 unspecified atom stereocenters. The van der Waals surface area contributed by atoms with E-state index >= 15 is 0 Å². The predicted octanol–water partition coefficient (Wildman–Crippen LogP) is 2.32. The van der Waals surface area contributed by atoms with E-state index in [-0.39, 0.29) is 18.7 Å². The van der Waals surface area contributed by atoms with Crippen molar-refractivity contribution in [2.45, 2.75) is 18.8 Å². The van der Waals surface area contributed by atoms with Crippen LogP contribution in [0.4, 0.5) is 13.2 Å². The first-order valence-corrected chi connectivity index (χ1v) is 6.77. The van der Waals surface area contributed by atoms with Crippen molar-refractivity contribution < 1.29 is 18.3 Å². The highest BCUT2D eigenvalue weighted by Gasteiger charge is 2.34. The van der Waals surface area contributed by atoms with Crippen LogP contribution in [0.1, 0.15) is 22.2 Å². The number of aromatic nitrogens is 2. The summed E-state index contributed by atoms with van der Waals surface area (Å²) in [6.45, 7) is -0.181. The summed E-state index contributed by atoms with van der Waals surface area (Å²) in [7, 11) is 1.71. The van der Waals surface area contributed by atoms with E-state index in [9.17, 15) is 18.3 Å². The van der Waals surface area contributed by atoms with Gasteiger partial charge < -0.3 is 10.4 Å². The maximum absolute atomic E-state index is 12.7. The summed E-state index contributed by atoms with van der Waals surface area (Å²) in [5.41, 5.74) is 0.902. The van der Waals surface area contributed by atoms with Crippen LogP contribution in [0.3, 0.4) is 0 Å². The molecule has 4 nitrogen and oxygen atoms in total. The standard InChI is InChI=1S/C12H14F3N3OS/c1-18-10(2-4-17-18)9(7-19)16-6-8-3-5-20-11(8)12(13,14)15/h2-5,9,16,19H,6-7H2,1H3. The topological polar surface area (TPSA) is 50.1 Å². The van der Waals surface area contributed by atoms with Crippen LogP contribution in [-0.2, 0) is 19.8 Å². The first-order valence-electron chi connectivity index (χ1n) is 5.89. The lowest BCUT2D eigenvalue weighted by Gasteiger charge is -2.17. The number of aryl methyl sites for hydroxylation is 1. The molecule has 20 heavy (non-hydrogen) atoms. The Morgan fingerprint density at radius 2 is 2.20 bits per heavy atom. The number of halogens is 3. The quantitative estimate of drug-likeness (QED) is 0.891. The monoisotopic (exact) mass is 305 g/mol. The average molecular weight is 305 g/mol. The van der Waals surface area contributed by atoms with Crippen molar-refractivity contribution in [1.82, 2.24) is 15.1 Å². The normalized spacial score (nSPS) is 13.7. The molecule has 2 N–H and O–H groups in total. The van der Waals surface area contributed by atoms with Gasteiger partial charge in [-0.15, -0.1) is 11.3 Å². The zero-order valence-electron chi connectivity index (χ0n) is 10.7. The van der Waals surface area contributed by atoms with Gasteiger partial charge in [-0.3, -0.25) is 4.68 Å². The molecule has 0 amide bonds. The predicted molar refractivity (Wildman–Crippen MR) is 69.2 cm³/mol. The molecule has 2 aromatic heterocycles. The summed E-state index contributed by atoms with van der Waals surface area (Å²) in [5, 5.41) is 17.7. The Balaban J connectivity index is 2.08. The number of nitrogens with one attached hydrogen (secondary N) is 1. The van der Waals surface area contributed by atoms with Crippen LogP contribution in [0.5, 0.6) is 0 Å². The number of alkyl halides is 3. The van der Waals surface area contributed by atoms with Crippen LogP contribution < -0.4 is 5.32 Å². The lowest BCUT2D eigenvalue weighted by Crippen LogP contribution is -2.26. The first kappa shape index (κ1) is 15.0. The average Bonchev–Trinajstić information content (AvgIpc) is 2.99. The van der Waals surface area contributed by atoms with Gasteiger partial charge in [0.2, 0.25) is 0 Å². The zero-order valence-corrected chi connectivity index (χ0v) is 11.5.